The third-order valence-electron chi connectivity index (χ3n) is 7.34. The van der Waals surface area contributed by atoms with Crippen LogP contribution in [0.2, 0.25) is 0 Å². The van der Waals surface area contributed by atoms with Gasteiger partial charge < -0.3 is 50.6 Å². The zero-order chi connectivity index (χ0) is 32.9. The minimum Gasteiger partial charge on any atom is -0.394 e. The van der Waals surface area contributed by atoms with E-state index in [2.05, 4.69) is 30.2 Å². The van der Waals surface area contributed by atoms with Gasteiger partial charge >= 0.3 is 16.1 Å². The molecule has 4 aromatic rings. The Kier molecular flexibility index (Phi) is 8.93. The summed E-state index contributed by atoms with van der Waals surface area (Å²) in [4.78, 5) is 46.3. The third-order valence-corrected chi connectivity index (χ3v) is 8.83. The van der Waals surface area contributed by atoms with Crippen LogP contribution in [0.1, 0.15) is 18.9 Å². The first-order valence-electron chi connectivity index (χ1n) is 13.4. The number of phosphoric ester groups is 1. The Morgan fingerprint density at radius 1 is 1.11 bits per heavy atom. The quantitative estimate of drug-likeness (QED) is 0.0741. The summed E-state index contributed by atoms with van der Waals surface area (Å²) in [6.07, 6.45) is -9.21. The van der Waals surface area contributed by atoms with Gasteiger partial charge in [0.25, 0.3) is 5.56 Å². The lowest BCUT2D eigenvalue weighted by Gasteiger charge is -2.24. The number of rotatable bonds is 11. The highest BCUT2D eigenvalue weighted by Gasteiger charge is 2.50. The number of ether oxygens (including phenoxy) is 2. The second kappa shape index (κ2) is 12.6. The number of aromatic amines is 1. The second-order valence-electron chi connectivity index (χ2n) is 10.2. The molecule has 250 valence electrons. The van der Waals surface area contributed by atoms with E-state index >= 15 is 0 Å². The van der Waals surface area contributed by atoms with E-state index in [1.165, 1.54) is 16.9 Å². The highest BCUT2D eigenvalue weighted by Crippen LogP contribution is 2.50. The topological polar surface area (TPSA) is 341 Å². The minimum absolute atomic E-state index is 0.0636. The van der Waals surface area contributed by atoms with Crippen molar-refractivity contribution in [1.29, 1.82) is 0 Å². The number of imidazole rings is 1. The maximum Gasteiger partial charge on any atom is 0.472 e. The van der Waals surface area contributed by atoms with Crippen LogP contribution in [0.3, 0.4) is 0 Å². The number of phosphoric acid groups is 1. The molecule has 0 spiro atoms. The van der Waals surface area contributed by atoms with E-state index < -0.39 is 83.9 Å². The van der Waals surface area contributed by atoms with Crippen LogP contribution >= 0.6 is 16.1 Å². The lowest BCUT2D eigenvalue weighted by atomic mass is 10.1. The fourth-order valence-corrected chi connectivity index (χ4v) is 6.75. The van der Waals surface area contributed by atoms with Crippen molar-refractivity contribution in [3.8, 4) is 0 Å². The molecule has 6 rings (SSSR count). The molecule has 2 saturated heterocycles. The normalized spacial score (nSPS) is 30.3. The Morgan fingerprint density at radius 2 is 1.87 bits per heavy atom. The number of nitrogens with one attached hydrogen (secondary N) is 1. The van der Waals surface area contributed by atoms with Crippen LogP contribution in [0.4, 0.5) is 11.8 Å². The predicted molar refractivity (Wildman–Crippen MR) is 151 cm³/mol. The number of nitrogens with zero attached hydrogens (tertiary/aromatic N) is 7. The summed E-state index contributed by atoms with van der Waals surface area (Å²) in [7, 11) is -8.63. The van der Waals surface area contributed by atoms with E-state index in [4.69, 9.17) is 34.5 Å². The summed E-state index contributed by atoms with van der Waals surface area (Å²) in [5.41, 5.74) is 11.1. The Bertz CT molecular complexity index is 1870. The molecule has 10 N–H and O–H groups in total. The largest absolute Gasteiger partial charge is 0.472 e. The molecule has 25 heteroatoms. The molecule has 0 radical (unpaired) electrons. The lowest BCUT2D eigenvalue weighted by molar-refractivity contribution is -0.0540. The summed E-state index contributed by atoms with van der Waals surface area (Å²) in [6.45, 7) is -1.29. The molecule has 46 heavy (non-hydrogen) atoms. The molecule has 2 aliphatic heterocycles. The van der Waals surface area contributed by atoms with Crippen molar-refractivity contribution in [1.82, 2.24) is 39.5 Å². The van der Waals surface area contributed by atoms with Crippen molar-refractivity contribution in [2.24, 2.45) is 0 Å². The number of aromatic nitrogens is 8. The van der Waals surface area contributed by atoms with Gasteiger partial charge in [0.1, 0.15) is 30.5 Å². The van der Waals surface area contributed by atoms with Gasteiger partial charge in [-0.15, -0.1) is 5.10 Å². The highest BCUT2D eigenvalue weighted by molar-refractivity contribution is 7.47. The maximum atomic E-state index is 13.0. The van der Waals surface area contributed by atoms with Gasteiger partial charge in [0.2, 0.25) is 5.95 Å². The molecule has 6 heterocycles. The second-order valence-corrected chi connectivity index (χ2v) is 12.3. The molecule has 0 bridgehead atoms. The number of pyridine rings is 1. The van der Waals surface area contributed by atoms with E-state index in [0.717, 1.165) is 10.9 Å². The average Bonchev–Trinajstić information content (AvgIpc) is 3.75. The number of nitrogen functional groups attached to an aromatic ring is 2. The summed E-state index contributed by atoms with van der Waals surface area (Å²) in [5.74, 6) is -0.202. The van der Waals surface area contributed by atoms with Crippen LogP contribution in [0.15, 0.2) is 23.4 Å². The first-order valence-corrected chi connectivity index (χ1v) is 16.2. The van der Waals surface area contributed by atoms with Gasteiger partial charge in [-0.05, 0) is 6.07 Å². The van der Waals surface area contributed by atoms with Crippen LogP contribution in [0.25, 0.3) is 22.2 Å². The highest BCUT2D eigenvalue weighted by atomic mass is 31.2. The lowest BCUT2D eigenvalue weighted by Crippen LogP contribution is -2.35. The first-order chi connectivity index (χ1) is 21.9. The Labute approximate surface area is 256 Å². The van der Waals surface area contributed by atoms with Gasteiger partial charge in [0.05, 0.1) is 31.2 Å². The Hall–Kier alpha value is -3.44. The van der Waals surface area contributed by atoms with Gasteiger partial charge in [0, 0.05) is 12.6 Å². The van der Waals surface area contributed by atoms with E-state index in [-0.39, 0.29) is 34.9 Å². The SMILES string of the molecule is Nc1nc2c(ncn2[C@@H]2O[C@H](CO)[C@@H](O)[C@H]2OP(=O)(O)OCC[C@H]2O[C@@H](n3nnc4c(N)nccc43)[C@H](O)[C@@H]2O[PH](=O)O)c(=O)[nH]1. The summed E-state index contributed by atoms with van der Waals surface area (Å²) in [5, 5.41) is 39.2. The van der Waals surface area contributed by atoms with Crippen LogP contribution in [-0.2, 0) is 32.2 Å². The van der Waals surface area contributed by atoms with Crippen LogP contribution in [-0.4, -0.2) is 114 Å². The molecule has 2 fully saturated rings. The van der Waals surface area contributed by atoms with E-state index in [0.29, 0.717) is 5.52 Å². The Morgan fingerprint density at radius 3 is 2.61 bits per heavy atom. The monoisotopic (exact) mass is 690 g/mol. The molecule has 0 aliphatic carbocycles. The van der Waals surface area contributed by atoms with Gasteiger partial charge in [-0.3, -0.25) is 28.0 Å². The van der Waals surface area contributed by atoms with E-state index in [9.17, 15) is 39.0 Å². The predicted octanol–water partition coefficient (Wildman–Crippen LogP) is -2.71. The third kappa shape index (κ3) is 6.03. The number of aliphatic hydroxyl groups is 3. The molecule has 2 unspecified atom stereocenters. The molecule has 0 amide bonds. The van der Waals surface area contributed by atoms with Crippen LogP contribution in [0.5, 0.6) is 0 Å². The standard InChI is InChI=1S/C21H28N10O13P2/c22-16-10-7(1-3-24-16)31(29-28-10)19-13(34)14(43-45(36)37)8(41-19)2-4-40-46(38,39)44-15-12(33)9(5-32)42-20(15)30-6-25-11-17(30)26-21(23)27-18(11)35/h1,3,6,8-9,12-15,19-20,32-34,45H,2,4-5H2,(H2,22,24)(H,36,37)(H,38,39)(H3,23,26,27,35)/t8-,9-,12-,13-,14-,15-,19-,20-/m1/s1. The number of H-pyrrole nitrogens is 1. The maximum absolute atomic E-state index is 13.0. The van der Waals surface area contributed by atoms with Crippen molar-refractivity contribution in [2.45, 2.75) is 55.5 Å². The van der Waals surface area contributed by atoms with Gasteiger partial charge in [-0.1, -0.05) is 5.21 Å². The van der Waals surface area contributed by atoms with Crippen molar-refractivity contribution < 1.29 is 57.3 Å². The number of aliphatic hydroxyl groups excluding tert-OH is 3. The fraction of sp³-hybridized carbons (Fsp3) is 0.524. The molecule has 23 nitrogen and oxygen atoms in total. The molecular weight excluding hydrogens is 662 g/mol. The number of hydrogen-bond acceptors (Lipinski definition) is 18. The average molecular weight is 690 g/mol. The van der Waals surface area contributed by atoms with Crippen molar-refractivity contribution in [3.05, 3.63) is 28.9 Å². The number of hydrogen-bond donors (Lipinski definition) is 8. The van der Waals surface area contributed by atoms with Crippen molar-refractivity contribution in [2.75, 3.05) is 24.7 Å². The molecular formula is C21H28N10O13P2. The van der Waals surface area contributed by atoms with E-state index in [1.807, 2.05) is 0 Å². The van der Waals surface area contributed by atoms with Crippen molar-refractivity contribution in [3.63, 3.8) is 0 Å². The number of nitrogens with two attached hydrogens (primary N) is 2. The molecule has 0 aromatic carbocycles. The molecule has 10 atom stereocenters. The fourth-order valence-electron chi connectivity index (χ4n) is 5.30. The van der Waals surface area contributed by atoms with Crippen LogP contribution < -0.4 is 17.0 Å². The van der Waals surface area contributed by atoms with Gasteiger partial charge in [0.15, 0.2) is 35.0 Å². The summed E-state index contributed by atoms with van der Waals surface area (Å²) < 4.78 is 53.8. The first kappa shape index (κ1) is 32.5. The zero-order valence-corrected chi connectivity index (χ0v) is 25.1. The number of anilines is 2. The minimum atomic E-state index is -5.04. The number of fused-ring (bicyclic) bond motifs is 2. The van der Waals surface area contributed by atoms with Gasteiger partial charge in [-0.25, -0.2) is 19.2 Å². The molecule has 0 saturated carbocycles. The summed E-state index contributed by atoms with van der Waals surface area (Å²) >= 11 is 0. The smallest absolute Gasteiger partial charge is 0.394 e. The van der Waals surface area contributed by atoms with Crippen molar-refractivity contribution >= 4 is 50.0 Å². The van der Waals surface area contributed by atoms with Gasteiger partial charge in [-0.2, -0.15) is 4.98 Å². The van der Waals surface area contributed by atoms with Crippen LogP contribution in [0, 0.1) is 0 Å². The molecule has 4 aromatic heterocycles. The Balaban J connectivity index is 1.17. The molecule has 2 aliphatic rings. The zero-order valence-electron chi connectivity index (χ0n) is 23.2. The summed E-state index contributed by atoms with van der Waals surface area (Å²) in [6, 6.07) is 1.51. The van der Waals surface area contributed by atoms with E-state index in [1.54, 1.807) is 0 Å².